The molecule has 0 radical (unpaired) electrons. The van der Waals surface area contributed by atoms with Crippen LogP contribution in [0.1, 0.15) is 49.5 Å². The van der Waals surface area contributed by atoms with Crippen molar-refractivity contribution < 1.29 is 24.8 Å². The molecule has 4 N–H and O–H groups in total. The zero-order valence-electron chi connectivity index (χ0n) is 24.0. The highest BCUT2D eigenvalue weighted by atomic mass is 32.2. The van der Waals surface area contributed by atoms with E-state index in [1.165, 1.54) is 31.7 Å². The second-order valence-corrected chi connectivity index (χ2v) is 11.4. The Hall–Kier alpha value is -3.27. The Kier molecular flexibility index (Phi) is 11.7. The Morgan fingerprint density at radius 1 is 1.05 bits per heavy atom. The number of aromatic amines is 1. The number of unbranched alkanes of at least 4 members (excludes halogenated alkanes) is 3. The summed E-state index contributed by atoms with van der Waals surface area (Å²) >= 11 is 1.31. The number of nitrogens with zero attached hydrogens (tertiary/aromatic N) is 3. The number of aryl methyl sites for hydroxylation is 1. The Morgan fingerprint density at radius 2 is 1.79 bits per heavy atom. The van der Waals surface area contributed by atoms with Crippen LogP contribution in [0.4, 0.5) is 0 Å². The highest BCUT2D eigenvalue weighted by molar-refractivity contribution is 7.99. The highest BCUT2D eigenvalue weighted by Gasteiger charge is 2.35. The summed E-state index contributed by atoms with van der Waals surface area (Å²) in [5.41, 5.74) is -1.15. The molecule has 0 amide bonds. The van der Waals surface area contributed by atoms with Gasteiger partial charge in [0.1, 0.15) is 19.1 Å². The van der Waals surface area contributed by atoms with Crippen LogP contribution in [-0.4, -0.2) is 66.0 Å². The maximum atomic E-state index is 13.4. The number of ether oxygens (including phenoxy) is 2. The predicted octanol–water partition coefficient (Wildman–Crippen LogP) is 0.730. The fourth-order valence-electron chi connectivity index (χ4n) is 4.99. The SMILES string of the molecule is Cc1c(Sc2ccccc2)n(COCCO)c(=O)n(CCCCCCc2cn([C@H]3C[C@H](O)[C@@H](CO)O3)c(=O)[nH]c2=O)c1=O. The van der Waals surface area contributed by atoms with Crippen LogP contribution in [-0.2, 0) is 29.2 Å². The van der Waals surface area contributed by atoms with Gasteiger partial charge in [-0.2, -0.15) is 0 Å². The van der Waals surface area contributed by atoms with E-state index in [9.17, 15) is 29.4 Å². The number of aliphatic hydroxyl groups is 3. The van der Waals surface area contributed by atoms with Gasteiger partial charge in [0.25, 0.3) is 11.1 Å². The lowest BCUT2D eigenvalue weighted by molar-refractivity contribution is -0.0460. The molecule has 3 aromatic rings. The van der Waals surface area contributed by atoms with E-state index in [1.54, 1.807) is 6.92 Å². The summed E-state index contributed by atoms with van der Waals surface area (Å²) in [6.07, 6.45) is 2.07. The van der Waals surface area contributed by atoms with Crippen molar-refractivity contribution in [3.8, 4) is 0 Å². The molecular weight excluding hydrogens is 580 g/mol. The first-order valence-corrected chi connectivity index (χ1v) is 15.1. The standard InChI is InChI=1S/C29H38N4O9S/c1-19-26(38)31(29(40)33(18-41-14-13-34)27(19)43-21-10-6-4-7-11-21)12-8-3-2-5-9-20-16-32(28(39)30-25(20)37)24-15-22(36)23(17-35)42-24/h4,6-7,10-11,16,22-24,34-36H,2-3,5,8-9,12-15,17-18H2,1H3,(H,30,37,39)/t22-,23+,24+/m0/s1. The second kappa shape index (κ2) is 15.5. The minimum absolute atomic E-state index is 0.0548. The molecule has 0 spiro atoms. The highest BCUT2D eigenvalue weighted by Crippen LogP contribution is 2.28. The van der Waals surface area contributed by atoms with E-state index in [1.807, 2.05) is 30.3 Å². The number of H-pyrrole nitrogens is 1. The third kappa shape index (κ3) is 8.02. The quantitative estimate of drug-likeness (QED) is 0.140. The van der Waals surface area contributed by atoms with E-state index in [-0.39, 0.29) is 45.1 Å². The molecular formula is C29H38N4O9S. The van der Waals surface area contributed by atoms with Crippen molar-refractivity contribution in [3.63, 3.8) is 0 Å². The summed E-state index contributed by atoms with van der Waals surface area (Å²) in [4.78, 5) is 54.4. The molecule has 0 bridgehead atoms. The van der Waals surface area contributed by atoms with Gasteiger partial charge in [0.05, 0.1) is 31.0 Å². The molecule has 0 saturated carbocycles. The van der Waals surface area contributed by atoms with Crippen LogP contribution in [0.25, 0.3) is 0 Å². The maximum Gasteiger partial charge on any atom is 0.333 e. The first kappa shape index (κ1) is 32.6. The molecule has 0 aliphatic carbocycles. The summed E-state index contributed by atoms with van der Waals surface area (Å²) in [6.45, 7) is 1.29. The number of rotatable bonds is 15. The summed E-state index contributed by atoms with van der Waals surface area (Å²) in [5, 5.41) is 28.9. The maximum absolute atomic E-state index is 13.4. The molecule has 1 aromatic carbocycles. The van der Waals surface area contributed by atoms with E-state index >= 15 is 0 Å². The molecule has 1 aliphatic heterocycles. The number of hydrogen-bond donors (Lipinski definition) is 4. The first-order chi connectivity index (χ1) is 20.7. The monoisotopic (exact) mass is 618 g/mol. The van der Waals surface area contributed by atoms with E-state index in [0.29, 0.717) is 48.3 Å². The van der Waals surface area contributed by atoms with Gasteiger partial charge in [-0.1, -0.05) is 42.8 Å². The van der Waals surface area contributed by atoms with Crippen molar-refractivity contribution >= 4 is 11.8 Å². The normalized spacial score (nSPS) is 18.4. The third-order valence-electron chi connectivity index (χ3n) is 7.32. The molecule has 234 valence electrons. The molecule has 4 rings (SSSR count). The molecule has 1 saturated heterocycles. The van der Waals surface area contributed by atoms with E-state index in [0.717, 1.165) is 4.90 Å². The molecule has 2 aromatic heterocycles. The van der Waals surface area contributed by atoms with Crippen LogP contribution >= 0.6 is 11.8 Å². The zero-order valence-corrected chi connectivity index (χ0v) is 24.8. The summed E-state index contributed by atoms with van der Waals surface area (Å²) in [6, 6.07) is 9.41. The van der Waals surface area contributed by atoms with E-state index < -0.39 is 35.4 Å². The largest absolute Gasteiger partial charge is 0.394 e. The average molecular weight is 619 g/mol. The Labute approximate surface area is 251 Å². The summed E-state index contributed by atoms with van der Waals surface area (Å²) in [7, 11) is 0. The van der Waals surface area contributed by atoms with Gasteiger partial charge in [-0.15, -0.1) is 0 Å². The van der Waals surface area contributed by atoms with E-state index in [2.05, 4.69) is 4.98 Å². The Morgan fingerprint density at radius 3 is 2.49 bits per heavy atom. The summed E-state index contributed by atoms with van der Waals surface area (Å²) < 4.78 is 14.9. The fraction of sp³-hybridized carbons (Fsp3) is 0.517. The molecule has 3 atom stereocenters. The van der Waals surface area contributed by atoms with Crippen molar-refractivity contribution in [1.82, 2.24) is 18.7 Å². The lowest BCUT2D eigenvalue weighted by atomic mass is 10.1. The lowest BCUT2D eigenvalue weighted by Gasteiger charge is -2.17. The van der Waals surface area contributed by atoms with Crippen LogP contribution in [0.2, 0.25) is 0 Å². The van der Waals surface area contributed by atoms with Gasteiger partial charge in [0, 0.05) is 35.2 Å². The van der Waals surface area contributed by atoms with Gasteiger partial charge in [-0.25, -0.2) is 9.59 Å². The number of aromatic nitrogens is 4. The van der Waals surface area contributed by atoms with Crippen LogP contribution in [0.3, 0.4) is 0 Å². The van der Waals surface area contributed by atoms with Crippen LogP contribution in [0, 0.1) is 6.92 Å². The average Bonchev–Trinajstić information content (AvgIpc) is 3.38. The van der Waals surface area contributed by atoms with Crippen LogP contribution in [0.15, 0.2) is 65.6 Å². The number of nitrogens with one attached hydrogen (secondary N) is 1. The molecule has 3 heterocycles. The minimum atomic E-state index is -0.912. The lowest BCUT2D eigenvalue weighted by Crippen LogP contribution is -2.42. The fourth-order valence-corrected chi connectivity index (χ4v) is 5.99. The second-order valence-electron chi connectivity index (χ2n) is 10.4. The Balaban J connectivity index is 1.38. The van der Waals surface area contributed by atoms with Crippen molar-refractivity contribution in [2.45, 2.75) is 87.1 Å². The van der Waals surface area contributed by atoms with Crippen molar-refractivity contribution in [1.29, 1.82) is 0 Å². The molecule has 14 heteroatoms. The molecule has 43 heavy (non-hydrogen) atoms. The van der Waals surface area contributed by atoms with Gasteiger partial charge in [-0.05, 0) is 38.3 Å². The van der Waals surface area contributed by atoms with Crippen molar-refractivity contribution in [2.24, 2.45) is 0 Å². The van der Waals surface area contributed by atoms with Gasteiger partial charge < -0.3 is 24.8 Å². The number of benzene rings is 1. The first-order valence-electron chi connectivity index (χ1n) is 14.3. The van der Waals surface area contributed by atoms with Crippen LogP contribution < -0.4 is 22.5 Å². The van der Waals surface area contributed by atoms with Crippen molar-refractivity contribution in [3.05, 3.63) is 89.3 Å². The molecule has 13 nitrogen and oxygen atoms in total. The smallest absolute Gasteiger partial charge is 0.333 e. The topological polar surface area (TPSA) is 178 Å². The predicted molar refractivity (Wildman–Crippen MR) is 158 cm³/mol. The minimum Gasteiger partial charge on any atom is -0.394 e. The van der Waals surface area contributed by atoms with Crippen molar-refractivity contribution in [2.75, 3.05) is 19.8 Å². The third-order valence-corrected chi connectivity index (χ3v) is 8.55. The van der Waals surface area contributed by atoms with Gasteiger partial charge >= 0.3 is 11.4 Å². The van der Waals surface area contributed by atoms with Gasteiger partial charge in [-0.3, -0.25) is 28.3 Å². The van der Waals surface area contributed by atoms with E-state index in [4.69, 9.17) is 14.6 Å². The van der Waals surface area contributed by atoms with Gasteiger partial charge in [0.15, 0.2) is 0 Å². The van der Waals surface area contributed by atoms with Gasteiger partial charge in [0.2, 0.25) is 0 Å². The molecule has 1 aliphatic rings. The Bertz CT molecular complexity index is 1600. The summed E-state index contributed by atoms with van der Waals surface area (Å²) in [5.74, 6) is 0. The zero-order chi connectivity index (χ0) is 30.9. The molecule has 1 fully saturated rings. The number of hydrogen-bond acceptors (Lipinski definition) is 10. The molecule has 0 unspecified atom stereocenters. The van der Waals surface area contributed by atoms with Crippen LogP contribution in [0.5, 0.6) is 0 Å². The number of aliphatic hydroxyl groups excluding tert-OH is 3.